The van der Waals surface area contributed by atoms with E-state index >= 15 is 0 Å². The van der Waals surface area contributed by atoms with Crippen LogP contribution in [0.3, 0.4) is 0 Å². The van der Waals surface area contributed by atoms with E-state index in [1.54, 1.807) is 11.1 Å². The molecule has 2 amide bonds. The molecule has 4 rings (SSSR count). The highest BCUT2D eigenvalue weighted by molar-refractivity contribution is 5.91. The molecule has 0 aliphatic carbocycles. The van der Waals surface area contributed by atoms with Gasteiger partial charge in [-0.25, -0.2) is 19.7 Å². The fourth-order valence-corrected chi connectivity index (χ4v) is 3.34. The topological polar surface area (TPSA) is 95.5 Å². The van der Waals surface area contributed by atoms with E-state index in [0.29, 0.717) is 50.0 Å². The fraction of sp³-hybridized carbons (Fsp3) is 0.273. The lowest BCUT2D eigenvalue weighted by molar-refractivity contribution is 0.208. The van der Waals surface area contributed by atoms with E-state index in [1.165, 1.54) is 6.33 Å². The Morgan fingerprint density at radius 1 is 1.00 bits per heavy atom. The Hall–Kier alpha value is -3.88. The summed E-state index contributed by atoms with van der Waals surface area (Å²) in [6.45, 7) is 5.01. The Morgan fingerprint density at radius 3 is 2.58 bits per heavy atom. The first-order valence-corrected chi connectivity index (χ1v) is 10.3. The molecule has 9 nitrogen and oxygen atoms in total. The highest BCUT2D eigenvalue weighted by Gasteiger charge is 2.23. The molecule has 1 saturated heterocycles. The summed E-state index contributed by atoms with van der Waals surface area (Å²) in [5.41, 5.74) is 0.679. The maximum absolute atomic E-state index is 12.7. The number of benzene rings is 1. The van der Waals surface area contributed by atoms with Gasteiger partial charge in [0.2, 0.25) is 0 Å². The van der Waals surface area contributed by atoms with E-state index < -0.39 is 0 Å². The minimum Gasteiger partial charge on any atom is -0.492 e. The van der Waals surface area contributed by atoms with Crippen LogP contribution in [0, 0.1) is 0 Å². The van der Waals surface area contributed by atoms with Crippen LogP contribution in [0.5, 0.6) is 5.75 Å². The van der Waals surface area contributed by atoms with Gasteiger partial charge in [0.05, 0.1) is 12.3 Å². The van der Waals surface area contributed by atoms with Gasteiger partial charge in [0.1, 0.15) is 29.5 Å². The second kappa shape index (κ2) is 9.75. The second-order valence-corrected chi connectivity index (χ2v) is 6.93. The average molecular weight is 419 g/mol. The number of para-hydroxylation sites is 2. The molecule has 1 aliphatic heterocycles. The Labute approximate surface area is 181 Å². The van der Waals surface area contributed by atoms with Gasteiger partial charge in [-0.05, 0) is 31.2 Å². The molecular formula is C22H25N7O2. The predicted octanol–water partition coefficient (Wildman–Crippen LogP) is 3.37. The average Bonchev–Trinajstić information content (AvgIpc) is 2.81. The van der Waals surface area contributed by atoms with Crippen LogP contribution in [0.2, 0.25) is 0 Å². The fourth-order valence-electron chi connectivity index (χ4n) is 3.34. The molecule has 2 aromatic heterocycles. The van der Waals surface area contributed by atoms with Gasteiger partial charge in [0.15, 0.2) is 0 Å². The van der Waals surface area contributed by atoms with Gasteiger partial charge in [-0.15, -0.1) is 0 Å². The molecule has 0 spiro atoms. The number of urea groups is 1. The lowest BCUT2D eigenvalue weighted by atomic mass is 10.3. The minimum absolute atomic E-state index is 0.132. The maximum atomic E-state index is 12.7. The number of nitrogens with one attached hydrogen (secondary N) is 2. The highest BCUT2D eigenvalue weighted by atomic mass is 16.5. The van der Waals surface area contributed by atoms with Crippen molar-refractivity contribution in [3.63, 3.8) is 0 Å². The van der Waals surface area contributed by atoms with Gasteiger partial charge in [-0.1, -0.05) is 18.2 Å². The van der Waals surface area contributed by atoms with Crippen molar-refractivity contribution in [3.05, 3.63) is 61.1 Å². The first-order chi connectivity index (χ1) is 15.2. The number of ether oxygens (including phenoxy) is 1. The van der Waals surface area contributed by atoms with Crippen LogP contribution in [0.25, 0.3) is 0 Å². The van der Waals surface area contributed by atoms with Crippen molar-refractivity contribution in [2.75, 3.05) is 48.3 Å². The number of rotatable bonds is 6. The number of hydrogen-bond donors (Lipinski definition) is 2. The number of aromatic nitrogens is 3. The minimum atomic E-state index is -0.132. The van der Waals surface area contributed by atoms with Crippen LogP contribution < -0.4 is 20.3 Å². The van der Waals surface area contributed by atoms with Crippen molar-refractivity contribution in [1.29, 1.82) is 0 Å². The maximum Gasteiger partial charge on any atom is 0.322 e. The van der Waals surface area contributed by atoms with Gasteiger partial charge in [-0.2, -0.15) is 0 Å². The Bertz CT molecular complexity index is 1010. The third kappa shape index (κ3) is 5.19. The van der Waals surface area contributed by atoms with Crippen molar-refractivity contribution in [2.45, 2.75) is 6.92 Å². The molecule has 1 aliphatic rings. The van der Waals surface area contributed by atoms with Gasteiger partial charge in [0, 0.05) is 38.4 Å². The number of amides is 2. The van der Waals surface area contributed by atoms with E-state index in [9.17, 15) is 4.79 Å². The summed E-state index contributed by atoms with van der Waals surface area (Å²) in [6.07, 6.45) is 3.26. The van der Waals surface area contributed by atoms with Gasteiger partial charge in [-0.3, -0.25) is 0 Å². The molecule has 1 aromatic carbocycles. The van der Waals surface area contributed by atoms with Crippen molar-refractivity contribution < 1.29 is 9.53 Å². The summed E-state index contributed by atoms with van der Waals surface area (Å²) in [5.74, 6) is 2.89. The predicted molar refractivity (Wildman–Crippen MR) is 120 cm³/mol. The summed E-state index contributed by atoms with van der Waals surface area (Å²) in [4.78, 5) is 29.6. The summed E-state index contributed by atoms with van der Waals surface area (Å²) in [5, 5.41) is 6.13. The van der Waals surface area contributed by atoms with Crippen molar-refractivity contribution in [3.8, 4) is 5.75 Å². The molecule has 160 valence electrons. The zero-order valence-electron chi connectivity index (χ0n) is 17.4. The van der Waals surface area contributed by atoms with E-state index in [-0.39, 0.29) is 6.03 Å². The van der Waals surface area contributed by atoms with Crippen LogP contribution in [0.15, 0.2) is 61.1 Å². The number of carbonyl (C=O) groups is 1. The quantitative estimate of drug-likeness (QED) is 0.632. The standard InChI is InChI=1S/C22H25N7O2/c1-2-31-18-8-4-3-7-17(18)26-22(30)29-13-11-28(12-14-29)21-15-20(24-16-25-21)27-19-9-5-6-10-23-19/h3-10,15-16H,2,11-14H2,1H3,(H,26,30)(H,23,24,25,27). The third-order valence-electron chi connectivity index (χ3n) is 4.89. The SMILES string of the molecule is CCOc1ccccc1NC(=O)N1CCN(c2cc(Nc3ccccn3)ncn2)CC1. The number of pyridine rings is 1. The van der Waals surface area contributed by atoms with Crippen LogP contribution >= 0.6 is 0 Å². The zero-order chi connectivity index (χ0) is 21.5. The molecule has 0 bridgehead atoms. The molecule has 0 unspecified atom stereocenters. The number of nitrogens with zero attached hydrogens (tertiary/aromatic N) is 5. The highest BCUT2D eigenvalue weighted by Crippen LogP contribution is 2.24. The first-order valence-electron chi connectivity index (χ1n) is 10.3. The molecule has 3 aromatic rings. The van der Waals surface area contributed by atoms with Crippen molar-refractivity contribution in [2.24, 2.45) is 0 Å². The first kappa shape index (κ1) is 20.4. The van der Waals surface area contributed by atoms with Crippen LogP contribution in [-0.2, 0) is 0 Å². The van der Waals surface area contributed by atoms with Crippen LogP contribution in [0.4, 0.5) is 27.9 Å². The summed E-state index contributed by atoms with van der Waals surface area (Å²) >= 11 is 0. The lowest BCUT2D eigenvalue weighted by Crippen LogP contribution is -2.50. The second-order valence-electron chi connectivity index (χ2n) is 6.93. The molecule has 1 fully saturated rings. The molecule has 0 saturated carbocycles. The van der Waals surface area contributed by atoms with Gasteiger partial charge < -0.3 is 25.2 Å². The smallest absolute Gasteiger partial charge is 0.322 e. The summed E-state index contributed by atoms with van der Waals surface area (Å²) in [6, 6.07) is 14.9. The molecule has 3 heterocycles. The summed E-state index contributed by atoms with van der Waals surface area (Å²) < 4.78 is 5.59. The van der Waals surface area contributed by atoms with E-state index in [2.05, 4.69) is 30.5 Å². The monoisotopic (exact) mass is 419 g/mol. The molecular weight excluding hydrogens is 394 g/mol. The number of carbonyl (C=O) groups excluding carboxylic acids is 1. The Balaban J connectivity index is 1.34. The van der Waals surface area contributed by atoms with Crippen LogP contribution in [-0.4, -0.2) is 58.7 Å². The number of hydrogen-bond acceptors (Lipinski definition) is 7. The summed E-state index contributed by atoms with van der Waals surface area (Å²) in [7, 11) is 0. The number of piperazine rings is 1. The van der Waals surface area contributed by atoms with Crippen molar-refractivity contribution in [1.82, 2.24) is 19.9 Å². The third-order valence-corrected chi connectivity index (χ3v) is 4.89. The van der Waals surface area contributed by atoms with Crippen LogP contribution in [0.1, 0.15) is 6.92 Å². The Morgan fingerprint density at radius 2 is 1.81 bits per heavy atom. The molecule has 0 atom stereocenters. The molecule has 9 heteroatoms. The normalized spacial score (nSPS) is 13.6. The molecule has 31 heavy (non-hydrogen) atoms. The molecule has 2 N–H and O–H groups in total. The van der Waals surface area contributed by atoms with Gasteiger partial charge >= 0.3 is 6.03 Å². The van der Waals surface area contributed by atoms with Crippen molar-refractivity contribution >= 4 is 29.2 Å². The number of anilines is 4. The van der Waals surface area contributed by atoms with E-state index in [1.807, 2.05) is 55.5 Å². The van der Waals surface area contributed by atoms with E-state index in [4.69, 9.17) is 4.74 Å². The largest absolute Gasteiger partial charge is 0.492 e. The van der Waals surface area contributed by atoms with E-state index in [0.717, 1.165) is 11.6 Å². The molecule has 0 radical (unpaired) electrons. The zero-order valence-corrected chi connectivity index (χ0v) is 17.4. The lowest BCUT2D eigenvalue weighted by Gasteiger charge is -2.35. The Kier molecular flexibility index (Phi) is 6.41. The van der Waals surface area contributed by atoms with Gasteiger partial charge in [0.25, 0.3) is 0 Å².